The maximum atomic E-state index is 14.0. The van der Waals surface area contributed by atoms with Gasteiger partial charge in [0.1, 0.15) is 5.75 Å². The number of piperidine rings is 1. The van der Waals surface area contributed by atoms with E-state index in [1.807, 2.05) is 31.3 Å². The highest BCUT2D eigenvalue weighted by atomic mass is 19.3. The lowest BCUT2D eigenvalue weighted by molar-refractivity contribution is -0.186. The van der Waals surface area contributed by atoms with Crippen molar-refractivity contribution in [2.45, 2.75) is 51.1 Å². The van der Waals surface area contributed by atoms with Crippen LogP contribution in [0.25, 0.3) is 10.9 Å². The Bertz CT molecular complexity index is 1280. The van der Waals surface area contributed by atoms with Crippen LogP contribution in [-0.4, -0.2) is 47.6 Å². The van der Waals surface area contributed by atoms with Crippen LogP contribution in [0.3, 0.4) is 0 Å². The summed E-state index contributed by atoms with van der Waals surface area (Å²) in [6.45, 7) is 3.31. The van der Waals surface area contributed by atoms with Gasteiger partial charge in [-0.05, 0) is 67.1 Å². The fourth-order valence-electron chi connectivity index (χ4n) is 6.22. The maximum Gasteiger partial charge on any atom is 0.335 e. The minimum atomic E-state index is -2.59. The number of aryl methyl sites for hydroxylation is 1. The minimum absolute atomic E-state index is 0.0810. The Balaban J connectivity index is 1.56. The van der Waals surface area contributed by atoms with Gasteiger partial charge in [0.15, 0.2) is 0 Å². The summed E-state index contributed by atoms with van der Waals surface area (Å²) in [4.78, 5) is 17.2. The molecule has 1 atom stereocenters. The van der Waals surface area contributed by atoms with E-state index in [1.165, 1.54) is 0 Å². The van der Waals surface area contributed by atoms with Crippen molar-refractivity contribution in [1.29, 1.82) is 0 Å². The molecule has 2 aliphatic rings. The number of carboxylic acid groups (broad SMARTS) is 1. The van der Waals surface area contributed by atoms with Crippen molar-refractivity contribution in [3.63, 3.8) is 0 Å². The van der Waals surface area contributed by atoms with E-state index < -0.39 is 11.9 Å². The van der Waals surface area contributed by atoms with Crippen molar-refractivity contribution in [1.82, 2.24) is 9.88 Å². The first-order valence-electron chi connectivity index (χ1n) is 12.0. The fourth-order valence-corrected chi connectivity index (χ4v) is 6.22. The van der Waals surface area contributed by atoms with Crippen LogP contribution in [0, 0.1) is 12.3 Å². The topological polar surface area (TPSA) is 77.6 Å². The van der Waals surface area contributed by atoms with Gasteiger partial charge in [0.25, 0.3) is 0 Å². The number of methoxy groups -OCH3 is 1. The highest BCUT2D eigenvalue weighted by Crippen LogP contribution is 2.61. The van der Waals surface area contributed by atoms with Crippen LogP contribution in [0.4, 0.5) is 14.5 Å². The number of aromatic nitrogens is 1. The van der Waals surface area contributed by atoms with Crippen molar-refractivity contribution < 1.29 is 23.4 Å². The number of alkyl halides is 2. The number of aromatic amines is 1. The number of nitrogens with one attached hydrogen (secondary N) is 2. The van der Waals surface area contributed by atoms with Crippen molar-refractivity contribution >= 4 is 22.6 Å². The number of rotatable bonds is 6. The van der Waals surface area contributed by atoms with Crippen molar-refractivity contribution in [3.05, 3.63) is 58.8 Å². The molecule has 0 bridgehead atoms. The number of H-pyrrole nitrogens is 1. The van der Waals surface area contributed by atoms with E-state index in [4.69, 9.17) is 4.74 Å². The van der Waals surface area contributed by atoms with Crippen LogP contribution in [0.5, 0.6) is 5.75 Å². The van der Waals surface area contributed by atoms with E-state index in [9.17, 15) is 18.7 Å². The summed E-state index contributed by atoms with van der Waals surface area (Å²) in [5.74, 6) is -2.79. The first kappa shape index (κ1) is 23.6. The molecule has 1 saturated carbocycles. The molecule has 6 nitrogen and oxygen atoms in total. The number of nitrogens with zero attached hydrogens (tertiary/aromatic N) is 1. The van der Waals surface area contributed by atoms with Gasteiger partial charge in [-0.25, -0.2) is 13.6 Å². The van der Waals surface area contributed by atoms with E-state index in [1.54, 1.807) is 26.3 Å². The Morgan fingerprint density at radius 1 is 1.29 bits per heavy atom. The van der Waals surface area contributed by atoms with Gasteiger partial charge in [0.05, 0.1) is 12.7 Å². The van der Waals surface area contributed by atoms with Crippen LogP contribution in [-0.2, 0) is 6.54 Å². The molecule has 1 aliphatic carbocycles. The highest BCUT2D eigenvalue weighted by molar-refractivity contribution is 5.89. The number of benzene rings is 2. The number of ether oxygens (including phenoxy) is 1. The predicted octanol–water partition coefficient (Wildman–Crippen LogP) is 5.98. The van der Waals surface area contributed by atoms with E-state index in [0.717, 1.165) is 33.3 Å². The molecule has 8 heteroatoms. The summed E-state index contributed by atoms with van der Waals surface area (Å²) < 4.78 is 33.7. The zero-order valence-electron chi connectivity index (χ0n) is 20.3. The van der Waals surface area contributed by atoms with Gasteiger partial charge in [-0.2, -0.15) is 0 Å². The molecule has 1 aromatic heterocycles. The second kappa shape index (κ2) is 8.52. The number of fused-ring (bicyclic) bond motifs is 1. The van der Waals surface area contributed by atoms with Gasteiger partial charge < -0.3 is 20.1 Å². The SMILES string of the molecule is CNc1cc(C(=O)O)ccc1[C@H]1CC2(CCN1Cc1c(OC)cc(C)c3[nH]ccc13)CC(F)(F)C2. The maximum absolute atomic E-state index is 14.0. The van der Waals surface area contributed by atoms with Crippen LogP contribution >= 0.6 is 0 Å². The average Bonchev–Trinajstić information content (AvgIpc) is 3.30. The predicted molar refractivity (Wildman–Crippen MR) is 132 cm³/mol. The summed E-state index contributed by atoms with van der Waals surface area (Å²) in [6.07, 6.45) is 3.08. The molecule has 0 radical (unpaired) electrons. The molecule has 0 unspecified atom stereocenters. The lowest BCUT2D eigenvalue weighted by Gasteiger charge is -2.55. The smallest absolute Gasteiger partial charge is 0.335 e. The van der Waals surface area contributed by atoms with Gasteiger partial charge in [0.2, 0.25) is 5.92 Å². The van der Waals surface area contributed by atoms with Crippen molar-refractivity contribution in [3.8, 4) is 5.75 Å². The number of carboxylic acids is 1. The Morgan fingerprint density at radius 2 is 2.06 bits per heavy atom. The molecular formula is C27H31F2N3O3. The molecule has 1 spiro atoms. The number of halogens is 2. The van der Waals surface area contributed by atoms with Crippen molar-refractivity contribution in [2.75, 3.05) is 26.0 Å². The molecule has 35 heavy (non-hydrogen) atoms. The molecule has 2 fully saturated rings. The number of aromatic carboxylic acids is 1. The second-order valence-corrected chi connectivity index (χ2v) is 10.1. The normalized spacial score (nSPS) is 21.1. The van der Waals surface area contributed by atoms with E-state index in [2.05, 4.69) is 15.2 Å². The summed E-state index contributed by atoms with van der Waals surface area (Å²) in [5.41, 5.74) is 4.67. The van der Waals surface area contributed by atoms with E-state index >= 15 is 0 Å². The number of carbonyl (C=O) groups is 1. The van der Waals surface area contributed by atoms with Gasteiger partial charge in [0, 0.05) is 60.8 Å². The molecule has 2 aromatic carbocycles. The third kappa shape index (κ3) is 4.14. The zero-order chi connectivity index (χ0) is 25.0. The van der Waals surface area contributed by atoms with Crippen molar-refractivity contribution in [2.24, 2.45) is 5.41 Å². The number of anilines is 1. The Hall–Kier alpha value is -3.13. The molecular weight excluding hydrogens is 452 g/mol. The van der Waals surface area contributed by atoms with E-state index in [0.29, 0.717) is 31.6 Å². The average molecular weight is 484 g/mol. The van der Waals surface area contributed by atoms with Gasteiger partial charge >= 0.3 is 5.97 Å². The van der Waals surface area contributed by atoms with Crippen LogP contribution in [0.15, 0.2) is 36.5 Å². The zero-order valence-corrected chi connectivity index (χ0v) is 20.3. The summed E-state index contributed by atoms with van der Waals surface area (Å²) in [5, 5.41) is 13.7. The fraction of sp³-hybridized carbons (Fsp3) is 0.444. The third-order valence-corrected chi connectivity index (χ3v) is 7.88. The summed E-state index contributed by atoms with van der Waals surface area (Å²) >= 11 is 0. The molecule has 3 aromatic rings. The lowest BCUT2D eigenvalue weighted by atomic mass is 9.59. The monoisotopic (exact) mass is 483 g/mol. The second-order valence-electron chi connectivity index (χ2n) is 10.1. The summed E-state index contributed by atoms with van der Waals surface area (Å²) in [7, 11) is 3.43. The molecule has 1 aliphatic heterocycles. The molecule has 0 amide bonds. The molecule has 3 N–H and O–H groups in total. The largest absolute Gasteiger partial charge is 0.496 e. The quantitative estimate of drug-likeness (QED) is 0.402. The van der Waals surface area contributed by atoms with Crippen LogP contribution in [0.2, 0.25) is 0 Å². The standard InChI is InChI=1S/C27H31F2N3O3/c1-16-10-23(35-3)20(18-6-8-31-24(16)18)13-32-9-7-26(14-27(28,29)15-26)12-22(32)19-5-4-17(25(33)34)11-21(19)30-2/h4-6,8,10-11,22,30-31H,7,9,12-15H2,1-3H3,(H,33,34)/t22-/m1/s1. The van der Waals surface area contributed by atoms with Gasteiger partial charge in [-0.3, -0.25) is 4.90 Å². The number of hydrogen-bond acceptors (Lipinski definition) is 4. The molecule has 1 saturated heterocycles. The third-order valence-electron chi connectivity index (χ3n) is 7.88. The van der Waals surface area contributed by atoms with Gasteiger partial charge in [-0.15, -0.1) is 0 Å². The number of likely N-dealkylation sites (tertiary alicyclic amines) is 1. The number of hydrogen-bond donors (Lipinski definition) is 3. The molecule has 186 valence electrons. The molecule has 5 rings (SSSR count). The Labute approximate surface area is 203 Å². The highest BCUT2D eigenvalue weighted by Gasteiger charge is 2.58. The lowest BCUT2D eigenvalue weighted by Crippen LogP contribution is -2.53. The first-order valence-corrected chi connectivity index (χ1v) is 12.0. The summed E-state index contributed by atoms with van der Waals surface area (Å²) in [6, 6.07) is 9.01. The Morgan fingerprint density at radius 3 is 2.71 bits per heavy atom. The minimum Gasteiger partial charge on any atom is -0.496 e. The molecule has 2 heterocycles. The van der Waals surface area contributed by atoms with Crippen LogP contribution in [0.1, 0.15) is 58.8 Å². The Kier molecular flexibility index (Phi) is 5.74. The first-order chi connectivity index (χ1) is 16.6. The van der Waals surface area contributed by atoms with Gasteiger partial charge in [-0.1, -0.05) is 6.07 Å². The van der Waals surface area contributed by atoms with E-state index in [-0.39, 0.29) is 29.9 Å². The van der Waals surface area contributed by atoms with Crippen LogP contribution < -0.4 is 10.1 Å².